The van der Waals surface area contributed by atoms with E-state index in [4.69, 9.17) is 14.2 Å². The fraction of sp³-hybridized carbons (Fsp3) is 0.929. The van der Waals surface area contributed by atoms with Crippen LogP contribution in [-0.4, -0.2) is 99.6 Å². The van der Waals surface area contributed by atoms with Gasteiger partial charge in [0.2, 0.25) is 5.91 Å². The summed E-state index contributed by atoms with van der Waals surface area (Å²) in [7, 11) is 0. The molecule has 0 aromatic rings. The zero-order valence-electron chi connectivity index (χ0n) is 43.5. The molecule has 0 bridgehead atoms. The van der Waals surface area contributed by atoms with Gasteiger partial charge in [-0.2, -0.15) is 0 Å². The maximum absolute atomic E-state index is 13.3. The highest BCUT2D eigenvalue weighted by molar-refractivity contribution is 5.80. The molecule has 1 rings (SSSR count). The van der Waals surface area contributed by atoms with Crippen molar-refractivity contribution in [1.82, 2.24) is 5.32 Å². The monoisotopic (exact) mass is 954 g/mol. The number of allylic oxidation sites excluding steroid dienone is 1. The molecule has 6 N–H and O–H groups in total. The minimum Gasteiger partial charge on any atom is -0.454 e. The van der Waals surface area contributed by atoms with Gasteiger partial charge in [-0.1, -0.05) is 251 Å². The molecule has 8 atom stereocenters. The molecule has 396 valence electrons. The van der Waals surface area contributed by atoms with E-state index >= 15 is 0 Å². The van der Waals surface area contributed by atoms with E-state index in [0.717, 1.165) is 57.8 Å². The third-order valence-corrected chi connectivity index (χ3v) is 13.7. The number of nitrogens with one attached hydrogen (secondary N) is 1. The first-order valence-electron chi connectivity index (χ1n) is 28.5. The molecule has 1 aliphatic rings. The Bertz CT molecular complexity index is 1140. The van der Waals surface area contributed by atoms with Crippen LogP contribution in [0.1, 0.15) is 271 Å². The normalized spacial score (nSPS) is 20.0. The lowest BCUT2D eigenvalue weighted by Gasteiger charge is -2.41. The third kappa shape index (κ3) is 34.4. The summed E-state index contributed by atoms with van der Waals surface area (Å²) in [6.45, 7) is 5.78. The Kier molecular flexibility index (Phi) is 43.1. The van der Waals surface area contributed by atoms with Crippen molar-refractivity contribution in [3.8, 4) is 0 Å². The number of carbonyl (C=O) groups is 2. The van der Waals surface area contributed by atoms with Crippen LogP contribution in [0.4, 0.5) is 0 Å². The van der Waals surface area contributed by atoms with E-state index in [1.165, 1.54) is 167 Å². The Morgan fingerprint density at radius 1 is 0.567 bits per heavy atom. The van der Waals surface area contributed by atoms with Crippen LogP contribution in [0.25, 0.3) is 0 Å². The molecule has 0 aromatic carbocycles. The van der Waals surface area contributed by atoms with Gasteiger partial charge in [0.25, 0.3) is 0 Å². The van der Waals surface area contributed by atoms with Crippen LogP contribution in [0.2, 0.25) is 0 Å². The fourth-order valence-corrected chi connectivity index (χ4v) is 9.12. The summed E-state index contributed by atoms with van der Waals surface area (Å²) in [6.07, 6.45) is 38.3. The second-order valence-electron chi connectivity index (χ2n) is 20.0. The minimum absolute atomic E-state index is 0.131. The van der Waals surface area contributed by atoms with Crippen LogP contribution in [0, 0.1) is 0 Å². The van der Waals surface area contributed by atoms with Crippen molar-refractivity contribution in [2.45, 2.75) is 320 Å². The first-order chi connectivity index (χ1) is 32.7. The van der Waals surface area contributed by atoms with E-state index in [0.29, 0.717) is 19.3 Å². The van der Waals surface area contributed by atoms with E-state index in [1.54, 1.807) is 6.08 Å². The van der Waals surface area contributed by atoms with Gasteiger partial charge in [0.05, 0.1) is 25.4 Å². The van der Waals surface area contributed by atoms with Crippen molar-refractivity contribution < 1.29 is 49.3 Å². The lowest BCUT2D eigenvalue weighted by molar-refractivity contribution is -0.305. The summed E-state index contributed by atoms with van der Waals surface area (Å²) in [5.41, 5.74) is 0. The number of aliphatic hydroxyl groups is 5. The van der Waals surface area contributed by atoms with Gasteiger partial charge >= 0.3 is 5.97 Å². The second kappa shape index (κ2) is 45.5. The Hall–Kier alpha value is -1.60. The van der Waals surface area contributed by atoms with Crippen molar-refractivity contribution in [1.29, 1.82) is 0 Å². The molecule has 0 radical (unpaired) electrons. The molecule has 8 unspecified atom stereocenters. The summed E-state index contributed by atoms with van der Waals surface area (Å²) < 4.78 is 17.6. The van der Waals surface area contributed by atoms with E-state index in [-0.39, 0.29) is 13.0 Å². The predicted molar refractivity (Wildman–Crippen MR) is 274 cm³/mol. The van der Waals surface area contributed by atoms with Crippen LogP contribution >= 0.6 is 0 Å². The van der Waals surface area contributed by atoms with E-state index in [1.807, 2.05) is 6.08 Å². The highest BCUT2D eigenvalue weighted by Gasteiger charge is 2.47. The molecule has 11 nitrogen and oxygen atoms in total. The summed E-state index contributed by atoms with van der Waals surface area (Å²) in [5.74, 6) is -1.18. The van der Waals surface area contributed by atoms with E-state index in [2.05, 4.69) is 26.1 Å². The molecule has 1 aliphatic heterocycles. The Morgan fingerprint density at radius 2 is 0.970 bits per heavy atom. The molecular formula is C56H107NO10. The fourth-order valence-electron chi connectivity index (χ4n) is 9.12. The molecule has 0 saturated carbocycles. The van der Waals surface area contributed by atoms with Crippen LogP contribution in [0.3, 0.4) is 0 Å². The summed E-state index contributed by atoms with van der Waals surface area (Å²) in [4.78, 5) is 26.4. The number of rotatable bonds is 48. The number of esters is 1. The topological polar surface area (TPSA) is 175 Å². The molecule has 1 heterocycles. The van der Waals surface area contributed by atoms with Gasteiger partial charge in [0.1, 0.15) is 24.4 Å². The molecule has 0 aromatic heterocycles. The van der Waals surface area contributed by atoms with Crippen LogP contribution in [-0.2, 0) is 23.8 Å². The molecule has 1 amide bonds. The highest BCUT2D eigenvalue weighted by atomic mass is 16.7. The van der Waals surface area contributed by atoms with Gasteiger partial charge in [0.15, 0.2) is 12.4 Å². The quantitative estimate of drug-likeness (QED) is 0.0196. The van der Waals surface area contributed by atoms with Crippen LogP contribution < -0.4 is 5.32 Å². The lowest BCUT2D eigenvalue weighted by Crippen LogP contribution is -2.61. The first kappa shape index (κ1) is 63.4. The number of hydrogen-bond donors (Lipinski definition) is 6. The Balaban J connectivity index is 2.72. The van der Waals surface area contributed by atoms with Gasteiger partial charge in [-0.3, -0.25) is 9.59 Å². The summed E-state index contributed by atoms with van der Waals surface area (Å²) >= 11 is 0. The largest absolute Gasteiger partial charge is 0.454 e. The highest BCUT2D eigenvalue weighted by Crippen LogP contribution is 2.26. The molecule has 11 heteroatoms. The van der Waals surface area contributed by atoms with Gasteiger partial charge in [-0.05, 0) is 25.7 Å². The average Bonchev–Trinajstić information content (AvgIpc) is 3.32. The number of aliphatic hydroxyl groups excluding tert-OH is 5. The molecular weight excluding hydrogens is 847 g/mol. The molecule has 0 spiro atoms. The molecule has 1 fully saturated rings. The predicted octanol–water partition coefficient (Wildman–Crippen LogP) is 12.4. The maximum atomic E-state index is 13.3. The van der Waals surface area contributed by atoms with Crippen molar-refractivity contribution in [2.75, 3.05) is 13.2 Å². The van der Waals surface area contributed by atoms with Crippen molar-refractivity contribution in [3.05, 3.63) is 12.2 Å². The third-order valence-electron chi connectivity index (χ3n) is 13.7. The maximum Gasteiger partial charge on any atom is 0.306 e. The standard InChI is InChI=1S/C56H107NO10/c1-4-7-10-13-16-19-22-24-26-29-32-35-38-41-44-51(61)67-54-53(63)52(62)50(45-58)66-56(54)65-46-47(48(59)42-39-36-33-30-27-21-18-15-12-9-6-3)57-55(64)49(60)43-40-37-34-31-28-25-23-20-17-14-11-8-5-2/h39,42,47-50,52-54,56,58-60,62-63H,4-38,40-41,43-46H2,1-3H3,(H,57,64)/b42-39+. The van der Waals surface area contributed by atoms with Crippen molar-refractivity contribution >= 4 is 11.9 Å². The van der Waals surface area contributed by atoms with Gasteiger partial charge in [-0.25, -0.2) is 0 Å². The zero-order chi connectivity index (χ0) is 49.0. The second-order valence-corrected chi connectivity index (χ2v) is 20.0. The van der Waals surface area contributed by atoms with Gasteiger partial charge < -0.3 is 45.1 Å². The number of carbonyl (C=O) groups excluding carboxylic acids is 2. The Morgan fingerprint density at radius 3 is 1.40 bits per heavy atom. The average molecular weight is 954 g/mol. The first-order valence-corrected chi connectivity index (χ1v) is 28.5. The van der Waals surface area contributed by atoms with E-state index < -0.39 is 67.4 Å². The number of amides is 1. The lowest BCUT2D eigenvalue weighted by atomic mass is 9.99. The zero-order valence-corrected chi connectivity index (χ0v) is 43.5. The SMILES string of the molecule is CCCCCCCCCCC/C=C/C(O)C(COC1OC(CO)C(O)C(O)C1OC(=O)CCCCCCCCCCCCCCCC)NC(=O)C(O)CCCCCCCCCCCCCCC. The van der Waals surface area contributed by atoms with Crippen LogP contribution in [0.15, 0.2) is 12.2 Å². The molecule has 0 aliphatic carbocycles. The van der Waals surface area contributed by atoms with Crippen LogP contribution in [0.5, 0.6) is 0 Å². The molecule has 1 saturated heterocycles. The molecule has 67 heavy (non-hydrogen) atoms. The number of hydrogen-bond acceptors (Lipinski definition) is 10. The number of unbranched alkanes of at least 4 members (excludes halogenated alkanes) is 34. The summed E-state index contributed by atoms with van der Waals surface area (Å²) in [6, 6.07) is -1.01. The van der Waals surface area contributed by atoms with Gasteiger partial charge in [-0.15, -0.1) is 0 Å². The Labute approximate surface area is 410 Å². The smallest absolute Gasteiger partial charge is 0.306 e. The summed E-state index contributed by atoms with van der Waals surface area (Å²) in [5, 5.41) is 56.7. The van der Waals surface area contributed by atoms with Crippen molar-refractivity contribution in [2.24, 2.45) is 0 Å². The van der Waals surface area contributed by atoms with Crippen molar-refractivity contribution in [3.63, 3.8) is 0 Å². The van der Waals surface area contributed by atoms with Gasteiger partial charge in [0, 0.05) is 6.42 Å². The number of ether oxygens (including phenoxy) is 3. The van der Waals surface area contributed by atoms with E-state index in [9.17, 15) is 35.1 Å². The minimum atomic E-state index is -1.60.